The number of nitrogens with zero attached hydrogens (tertiary/aromatic N) is 1. The van der Waals surface area contributed by atoms with Gasteiger partial charge in [-0.15, -0.1) is 0 Å². The fourth-order valence-corrected chi connectivity index (χ4v) is 1.83. The molecule has 4 heteroatoms. The molecule has 0 N–H and O–H groups in total. The minimum absolute atomic E-state index is 0.131. The smallest absolute Gasteiger partial charge is 0.151 e. The van der Waals surface area contributed by atoms with E-state index >= 15 is 0 Å². The second kappa shape index (κ2) is 5.35. The lowest BCUT2D eigenvalue weighted by molar-refractivity contribution is 0.585. The van der Waals surface area contributed by atoms with Crippen LogP contribution in [0.3, 0.4) is 0 Å². The van der Waals surface area contributed by atoms with Crippen molar-refractivity contribution in [2.75, 3.05) is 0 Å². The number of aliphatic imine (C=N–C) groups is 1. The monoisotopic (exact) mass is 343 g/mol. The minimum atomic E-state index is -0.660. The zero-order valence-corrected chi connectivity index (χ0v) is 10.9. The van der Waals surface area contributed by atoms with Crippen LogP contribution in [0, 0.1) is 15.2 Å². The van der Waals surface area contributed by atoms with E-state index in [1.165, 1.54) is 12.1 Å². The highest BCUT2D eigenvalue weighted by molar-refractivity contribution is 14.1. The Bertz CT molecular complexity index is 567. The summed E-state index contributed by atoms with van der Waals surface area (Å²) in [6.07, 6.45) is 1.57. The maximum atomic E-state index is 13.3. The Morgan fingerprint density at radius 1 is 1.06 bits per heavy atom. The second-order valence-corrected chi connectivity index (χ2v) is 4.54. The molecule has 0 bridgehead atoms. The van der Waals surface area contributed by atoms with Gasteiger partial charge in [-0.3, -0.25) is 4.99 Å². The second-order valence-electron chi connectivity index (χ2n) is 3.38. The van der Waals surface area contributed by atoms with E-state index < -0.39 is 11.6 Å². The van der Waals surface area contributed by atoms with Crippen LogP contribution in [-0.2, 0) is 0 Å². The SMILES string of the molecule is Fc1ccc(N=Cc2ccccc2I)c(F)c1. The lowest BCUT2D eigenvalue weighted by Crippen LogP contribution is -1.86. The molecule has 86 valence electrons. The standard InChI is InChI=1S/C13H8F2IN/c14-10-5-6-13(11(15)7-10)17-8-9-3-1-2-4-12(9)16/h1-8H. The van der Waals surface area contributed by atoms with Gasteiger partial charge in [-0.05, 0) is 40.8 Å². The van der Waals surface area contributed by atoms with Crippen LogP contribution < -0.4 is 0 Å². The molecule has 0 saturated heterocycles. The van der Waals surface area contributed by atoms with Gasteiger partial charge in [-0.2, -0.15) is 0 Å². The van der Waals surface area contributed by atoms with Gasteiger partial charge in [0.05, 0.1) is 5.69 Å². The van der Waals surface area contributed by atoms with Crippen LogP contribution >= 0.6 is 22.6 Å². The van der Waals surface area contributed by atoms with Gasteiger partial charge in [0.1, 0.15) is 5.82 Å². The van der Waals surface area contributed by atoms with Gasteiger partial charge in [0.2, 0.25) is 0 Å². The number of halogens is 3. The summed E-state index contributed by atoms with van der Waals surface area (Å²) < 4.78 is 27.0. The van der Waals surface area contributed by atoms with E-state index in [0.29, 0.717) is 0 Å². The van der Waals surface area contributed by atoms with Gasteiger partial charge in [-0.1, -0.05) is 18.2 Å². The summed E-state index contributed by atoms with van der Waals surface area (Å²) >= 11 is 2.17. The van der Waals surface area contributed by atoms with Gasteiger partial charge in [0.15, 0.2) is 5.82 Å². The van der Waals surface area contributed by atoms with Crippen LogP contribution in [0.4, 0.5) is 14.5 Å². The Labute approximate surface area is 111 Å². The predicted molar refractivity (Wildman–Crippen MR) is 72.8 cm³/mol. The number of hydrogen-bond donors (Lipinski definition) is 0. The molecule has 0 spiro atoms. The van der Waals surface area contributed by atoms with Crippen molar-refractivity contribution in [3.8, 4) is 0 Å². The Balaban J connectivity index is 2.29. The number of rotatable bonds is 2. The molecule has 1 nitrogen and oxygen atoms in total. The van der Waals surface area contributed by atoms with Crippen molar-refractivity contribution in [2.24, 2.45) is 4.99 Å². The van der Waals surface area contributed by atoms with Gasteiger partial charge < -0.3 is 0 Å². The van der Waals surface area contributed by atoms with Crippen LogP contribution in [0.1, 0.15) is 5.56 Å². The molecule has 0 amide bonds. The zero-order chi connectivity index (χ0) is 12.3. The van der Waals surface area contributed by atoms with Gasteiger partial charge in [0.25, 0.3) is 0 Å². The molecule has 0 saturated carbocycles. The summed E-state index contributed by atoms with van der Waals surface area (Å²) in [6, 6.07) is 10.9. The van der Waals surface area contributed by atoms with Crippen LogP contribution in [0.25, 0.3) is 0 Å². The molecule has 0 aliphatic carbocycles. The molecule has 0 aliphatic heterocycles. The lowest BCUT2D eigenvalue weighted by atomic mass is 10.2. The van der Waals surface area contributed by atoms with Gasteiger partial charge in [0, 0.05) is 21.4 Å². The predicted octanol–water partition coefficient (Wildman–Crippen LogP) is 4.32. The molecule has 0 radical (unpaired) electrons. The largest absolute Gasteiger partial charge is 0.253 e. The van der Waals surface area contributed by atoms with Crippen molar-refractivity contribution < 1.29 is 8.78 Å². The van der Waals surface area contributed by atoms with Crippen molar-refractivity contribution in [3.63, 3.8) is 0 Å². The maximum absolute atomic E-state index is 13.3. The molecule has 2 aromatic rings. The molecule has 2 aromatic carbocycles. The van der Waals surface area contributed by atoms with Crippen molar-refractivity contribution >= 4 is 34.5 Å². The van der Waals surface area contributed by atoms with Crippen molar-refractivity contribution in [1.82, 2.24) is 0 Å². The van der Waals surface area contributed by atoms with Crippen LogP contribution in [-0.4, -0.2) is 6.21 Å². The molecular weight excluding hydrogens is 335 g/mol. The zero-order valence-electron chi connectivity index (χ0n) is 8.70. The highest BCUT2D eigenvalue weighted by atomic mass is 127. The van der Waals surface area contributed by atoms with Crippen LogP contribution in [0.2, 0.25) is 0 Å². The third kappa shape index (κ3) is 3.09. The molecule has 0 atom stereocenters. The fraction of sp³-hybridized carbons (Fsp3) is 0. The van der Waals surface area contributed by atoms with Crippen LogP contribution in [0.5, 0.6) is 0 Å². The maximum Gasteiger partial charge on any atom is 0.151 e. The average Bonchev–Trinajstić information content (AvgIpc) is 2.30. The van der Waals surface area contributed by atoms with Gasteiger partial charge in [-0.25, -0.2) is 8.78 Å². The highest BCUT2D eigenvalue weighted by Crippen LogP contribution is 2.19. The van der Waals surface area contributed by atoms with E-state index in [2.05, 4.69) is 27.6 Å². The molecule has 0 aliphatic rings. The Morgan fingerprint density at radius 3 is 2.53 bits per heavy atom. The first-order chi connectivity index (χ1) is 8.16. The molecular formula is C13H8F2IN. The van der Waals surface area contributed by atoms with Crippen LogP contribution in [0.15, 0.2) is 47.5 Å². The third-order valence-corrected chi connectivity index (χ3v) is 3.14. The summed E-state index contributed by atoms with van der Waals surface area (Å²) in [5.41, 5.74) is 1.03. The van der Waals surface area contributed by atoms with E-state index in [0.717, 1.165) is 15.2 Å². The summed E-state index contributed by atoms with van der Waals surface area (Å²) in [5, 5.41) is 0. The molecule has 0 heterocycles. The van der Waals surface area contributed by atoms with Crippen molar-refractivity contribution in [2.45, 2.75) is 0 Å². The average molecular weight is 343 g/mol. The highest BCUT2D eigenvalue weighted by Gasteiger charge is 2.01. The molecule has 0 fully saturated rings. The number of hydrogen-bond acceptors (Lipinski definition) is 1. The Kier molecular flexibility index (Phi) is 3.83. The molecule has 0 unspecified atom stereocenters. The molecule has 2 rings (SSSR count). The molecule has 17 heavy (non-hydrogen) atoms. The Hall–Kier alpha value is -1.30. The normalized spacial score (nSPS) is 11.0. The van der Waals surface area contributed by atoms with Crippen molar-refractivity contribution in [1.29, 1.82) is 0 Å². The fourth-order valence-electron chi connectivity index (χ4n) is 1.30. The van der Waals surface area contributed by atoms with E-state index in [1.54, 1.807) is 6.21 Å². The van der Waals surface area contributed by atoms with E-state index in [1.807, 2.05) is 24.3 Å². The minimum Gasteiger partial charge on any atom is -0.253 e. The summed E-state index contributed by atoms with van der Waals surface area (Å²) in [6.45, 7) is 0. The lowest BCUT2D eigenvalue weighted by Gasteiger charge is -1.98. The topological polar surface area (TPSA) is 12.4 Å². The summed E-state index contributed by atoms with van der Waals surface area (Å²) in [4.78, 5) is 4.01. The van der Waals surface area contributed by atoms with E-state index in [4.69, 9.17) is 0 Å². The van der Waals surface area contributed by atoms with Crippen molar-refractivity contribution in [3.05, 3.63) is 63.2 Å². The van der Waals surface area contributed by atoms with Gasteiger partial charge >= 0.3 is 0 Å². The summed E-state index contributed by atoms with van der Waals surface area (Å²) in [5.74, 6) is -1.26. The Morgan fingerprint density at radius 2 is 1.82 bits per heavy atom. The van der Waals surface area contributed by atoms with E-state index in [-0.39, 0.29) is 5.69 Å². The first-order valence-electron chi connectivity index (χ1n) is 4.90. The number of benzene rings is 2. The first-order valence-corrected chi connectivity index (χ1v) is 5.98. The third-order valence-electron chi connectivity index (χ3n) is 2.16. The molecule has 0 aromatic heterocycles. The first kappa shape index (κ1) is 12.2. The quantitative estimate of drug-likeness (QED) is 0.569. The summed E-state index contributed by atoms with van der Waals surface area (Å²) in [7, 11) is 0. The van der Waals surface area contributed by atoms with E-state index in [9.17, 15) is 8.78 Å².